The van der Waals surface area contributed by atoms with E-state index in [0.29, 0.717) is 5.02 Å². The highest BCUT2D eigenvalue weighted by Gasteiger charge is 2.13. The van der Waals surface area contributed by atoms with E-state index in [1.54, 1.807) is 6.07 Å². The molecule has 0 bridgehead atoms. The molecule has 0 aliphatic rings. The number of sulfonamides is 1. The molecule has 0 spiro atoms. The third kappa shape index (κ3) is 4.48. The predicted molar refractivity (Wildman–Crippen MR) is 61.5 cm³/mol. The van der Waals surface area contributed by atoms with Gasteiger partial charge in [0.15, 0.2) is 0 Å². The number of rotatable bonds is 4. The van der Waals surface area contributed by atoms with Crippen LogP contribution in [-0.2, 0) is 10.0 Å². The lowest BCUT2D eigenvalue weighted by molar-refractivity contribution is 0.587. The smallest absolute Gasteiger partial charge is 0.234 e. The van der Waals surface area contributed by atoms with Gasteiger partial charge in [0, 0.05) is 17.3 Å². The summed E-state index contributed by atoms with van der Waals surface area (Å²) in [5.41, 5.74) is 0. The molecule has 84 valence electrons. The van der Waals surface area contributed by atoms with Gasteiger partial charge in [0.2, 0.25) is 10.0 Å². The van der Waals surface area contributed by atoms with Crippen molar-refractivity contribution >= 4 is 27.4 Å². The van der Waals surface area contributed by atoms with Gasteiger partial charge in [-0.25, -0.2) is 13.4 Å². The second-order valence-electron chi connectivity index (χ2n) is 3.64. The summed E-state index contributed by atoms with van der Waals surface area (Å²) >= 11 is 5.70. The van der Waals surface area contributed by atoms with Crippen LogP contribution in [0.3, 0.4) is 0 Å². The number of aromatic nitrogens is 1. The van der Waals surface area contributed by atoms with Crippen molar-refractivity contribution in [1.29, 1.82) is 0 Å². The quantitative estimate of drug-likeness (QED) is 0.888. The maximum absolute atomic E-state index is 11.5. The lowest BCUT2D eigenvalue weighted by Crippen LogP contribution is -2.20. The number of halogens is 1. The molecule has 0 atom stereocenters. The minimum absolute atomic E-state index is 0.0706. The molecule has 15 heavy (non-hydrogen) atoms. The number of nitrogens with zero attached hydrogens (tertiary/aromatic N) is 1. The minimum Gasteiger partial charge on any atom is -0.267 e. The molecule has 0 radical (unpaired) electrons. The topological polar surface area (TPSA) is 59.1 Å². The van der Waals surface area contributed by atoms with Crippen molar-refractivity contribution in [3.63, 3.8) is 0 Å². The number of pyridine rings is 1. The first-order valence-corrected chi connectivity index (χ1v) is 6.54. The maximum Gasteiger partial charge on any atom is 0.234 e. The van der Waals surface area contributed by atoms with E-state index < -0.39 is 10.0 Å². The number of anilines is 1. The molecule has 1 rings (SSSR count). The van der Waals surface area contributed by atoms with E-state index in [9.17, 15) is 8.42 Å². The van der Waals surface area contributed by atoms with Gasteiger partial charge in [-0.15, -0.1) is 0 Å². The Hall–Kier alpha value is -0.810. The average molecular weight is 249 g/mol. The fourth-order valence-electron chi connectivity index (χ4n) is 1.10. The Labute approximate surface area is 94.7 Å². The van der Waals surface area contributed by atoms with Gasteiger partial charge in [-0.3, -0.25) is 4.72 Å². The van der Waals surface area contributed by atoms with Crippen molar-refractivity contribution in [2.45, 2.75) is 13.8 Å². The van der Waals surface area contributed by atoms with E-state index in [0.717, 1.165) is 0 Å². The zero-order chi connectivity index (χ0) is 11.5. The van der Waals surface area contributed by atoms with E-state index in [1.165, 1.54) is 12.3 Å². The van der Waals surface area contributed by atoms with Crippen LogP contribution in [0, 0.1) is 5.92 Å². The molecular weight excluding hydrogens is 236 g/mol. The molecular formula is C9H13ClN2O2S. The Bertz CT molecular complexity index is 431. The lowest BCUT2D eigenvalue weighted by atomic mass is 10.3. The number of hydrogen-bond donors (Lipinski definition) is 1. The normalized spacial score (nSPS) is 11.7. The van der Waals surface area contributed by atoms with E-state index in [-0.39, 0.29) is 17.5 Å². The van der Waals surface area contributed by atoms with Gasteiger partial charge in [0.05, 0.1) is 5.75 Å². The van der Waals surface area contributed by atoms with Crippen molar-refractivity contribution in [3.8, 4) is 0 Å². The van der Waals surface area contributed by atoms with Crippen molar-refractivity contribution in [2.24, 2.45) is 5.92 Å². The van der Waals surface area contributed by atoms with Crippen LogP contribution in [0.4, 0.5) is 5.82 Å². The van der Waals surface area contributed by atoms with Crippen LogP contribution in [-0.4, -0.2) is 19.2 Å². The highest BCUT2D eigenvalue weighted by molar-refractivity contribution is 7.92. The molecule has 0 saturated heterocycles. The van der Waals surface area contributed by atoms with E-state index in [1.807, 2.05) is 13.8 Å². The van der Waals surface area contributed by atoms with Gasteiger partial charge >= 0.3 is 0 Å². The van der Waals surface area contributed by atoms with Gasteiger partial charge in [-0.05, 0) is 12.0 Å². The molecule has 0 aliphatic heterocycles. The molecule has 1 heterocycles. The van der Waals surface area contributed by atoms with Crippen molar-refractivity contribution in [1.82, 2.24) is 4.98 Å². The number of hydrogen-bond acceptors (Lipinski definition) is 3. The maximum atomic E-state index is 11.5. The van der Waals surface area contributed by atoms with Crippen LogP contribution in [0.15, 0.2) is 18.3 Å². The Balaban J connectivity index is 2.78. The predicted octanol–water partition coefficient (Wildman–Crippen LogP) is 2.13. The first kappa shape index (κ1) is 12.3. The van der Waals surface area contributed by atoms with Gasteiger partial charge in [-0.1, -0.05) is 25.4 Å². The monoisotopic (exact) mass is 248 g/mol. The van der Waals surface area contributed by atoms with Gasteiger partial charge in [0.25, 0.3) is 0 Å². The lowest BCUT2D eigenvalue weighted by Gasteiger charge is -2.08. The Morgan fingerprint density at radius 1 is 1.53 bits per heavy atom. The summed E-state index contributed by atoms with van der Waals surface area (Å²) in [5, 5.41) is 0.451. The summed E-state index contributed by atoms with van der Waals surface area (Å²) < 4.78 is 25.4. The molecule has 0 unspecified atom stereocenters. The van der Waals surface area contributed by atoms with E-state index in [2.05, 4.69) is 9.71 Å². The highest BCUT2D eigenvalue weighted by atomic mass is 35.5. The Morgan fingerprint density at radius 2 is 2.20 bits per heavy atom. The average Bonchev–Trinajstić information content (AvgIpc) is 1.99. The molecule has 4 nitrogen and oxygen atoms in total. The van der Waals surface area contributed by atoms with Crippen molar-refractivity contribution < 1.29 is 8.42 Å². The van der Waals surface area contributed by atoms with Crippen molar-refractivity contribution in [3.05, 3.63) is 23.4 Å². The fourth-order valence-corrected chi connectivity index (χ4v) is 2.65. The second kappa shape index (κ2) is 4.81. The number of nitrogens with one attached hydrogen (secondary N) is 1. The molecule has 0 aromatic carbocycles. The van der Waals surface area contributed by atoms with Crippen LogP contribution >= 0.6 is 11.6 Å². The van der Waals surface area contributed by atoms with E-state index >= 15 is 0 Å². The largest absolute Gasteiger partial charge is 0.267 e. The van der Waals surface area contributed by atoms with Crippen LogP contribution in [0.2, 0.25) is 5.02 Å². The van der Waals surface area contributed by atoms with Crippen LogP contribution in [0.25, 0.3) is 0 Å². The third-order valence-electron chi connectivity index (χ3n) is 1.53. The zero-order valence-corrected chi connectivity index (χ0v) is 10.1. The Kier molecular flexibility index (Phi) is 3.93. The minimum atomic E-state index is -3.32. The summed E-state index contributed by atoms with van der Waals surface area (Å²) in [5.74, 6) is 0.395. The molecule has 0 amide bonds. The third-order valence-corrected chi connectivity index (χ3v) is 3.40. The standard InChI is InChI=1S/C9H13ClN2O2S/c1-7(2)6-15(13,14)12-9-5-8(10)3-4-11-9/h3-5,7H,6H2,1-2H3,(H,11,12). The molecule has 1 aromatic heterocycles. The summed E-state index contributed by atoms with van der Waals surface area (Å²) in [6, 6.07) is 3.06. The fraction of sp³-hybridized carbons (Fsp3) is 0.444. The summed E-state index contributed by atoms with van der Waals surface area (Å²) in [6.07, 6.45) is 1.45. The van der Waals surface area contributed by atoms with E-state index in [4.69, 9.17) is 11.6 Å². The second-order valence-corrected chi connectivity index (χ2v) is 5.84. The Morgan fingerprint density at radius 3 is 2.73 bits per heavy atom. The first-order chi connectivity index (χ1) is 6.89. The molecule has 0 fully saturated rings. The van der Waals surface area contributed by atoms with Gasteiger partial charge in [0.1, 0.15) is 5.82 Å². The summed E-state index contributed by atoms with van der Waals surface area (Å²) in [4.78, 5) is 3.86. The van der Waals surface area contributed by atoms with Crippen LogP contribution in [0.1, 0.15) is 13.8 Å². The van der Waals surface area contributed by atoms with Crippen LogP contribution in [0.5, 0.6) is 0 Å². The summed E-state index contributed by atoms with van der Waals surface area (Å²) in [6.45, 7) is 3.68. The molecule has 6 heteroatoms. The molecule has 0 aliphatic carbocycles. The SMILES string of the molecule is CC(C)CS(=O)(=O)Nc1cc(Cl)ccn1. The van der Waals surface area contributed by atoms with Crippen LogP contribution < -0.4 is 4.72 Å². The zero-order valence-electron chi connectivity index (χ0n) is 8.57. The van der Waals surface area contributed by atoms with Gasteiger partial charge < -0.3 is 0 Å². The van der Waals surface area contributed by atoms with Gasteiger partial charge in [-0.2, -0.15) is 0 Å². The molecule has 1 N–H and O–H groups in total. The highest BCUT2D eigenvalue weighted by Crippen LogP contribution is 2.13. The molecule has 1 aromatic rings. The van der Waals surface area contributed by atoms with Crippen molar-refractivity contribution in [2.75, 3.05) is 10.5 Å². The molecule has 0 saturated carbocycles. The first-order valence-electron chi connectivity index (χ1n) is 4.51. The summed E-state index contributed by atoms with van der Waals surface area (Å²) in [7, 11) is -3.32.